The van der Waals surface area contributed by atoms with Gasteiger partial charge >= 0.3 is 0 Å². The number of aromatic nitrogens is 2. The zero-order valence-electron chi connectivity index (χ0n) is 10.5. The molecule has 3 rings (SSSR count). The lowest BCUT2D eigenvalue weighted by Crippen LogP contribution is -2.24. The SMILES string of the molecule is C[C@@H](NC1CCc2cccnc21)c1ccccn1. The molecule has 0 aliphatic heterocycles. The maximum Gasteiger partial charge on any atom is 0.0605 e. The van der Waals surface area contributed by atoms with Crippen LogP contribution in [0.4, 0.5) is 0 Å². The van der Waals surface area contributed by atoms with Crippen LogP contribution in [0, 0.1) is 0 Å². The summed E-state index contributed by atoms with van der Waals surface area (Å²) in [5.74, 6) is 0. The fraction of sp³-hybridized carbons (Fsp3) is 0.333. The van der Waals surface area contributed by atoms with E-state index in [0.29, 0.717) is 6.04 Å². The van der Waals surface area contributed by atoms with Gasteiger partial charge in [-0.15, -0.1) is 0 Å². The highest BCUT2D eigenvalue weighted by molar-refractivity contribution is 5.28. The minimum atomic E-state index is 0.254. The van der Waals surface area contributed by atoms with E-state index in [1.165, 1.54) is 11.3 Å². The standard InChI is InChI=1S/C15H17N3/c1-11(13-6-2-3-9-16-13)18-14-8-7-12-5-4-10-17-15(12)14/h2-6,9-11,14,18H,7-8H2,1H3/t11-,14?/m1/s1. The molecule has 3 nitrogen and oxygen atoms in total. The Morgan fingerprint density at radius 2 is 2.06 bits per heavy atom. The van der Waals surface area contributed by atoms with Gasteiger partial charge in [0.15, 0.2) is 0 Å². The van der Waals surface area contributed by atoms with E-state index in [9.17, 15) is 0 Å². The molecule has 2 aromatic rings. The largest absolute Gasteiger partial charge is 0.300 e. The van der Waals surface area contributed by atoms with E-state index in [0.717, 1.165) is 18.5 Å². The predicted octanol–water partition coefficient (Wildman–Crippen LogP) is 2.81. The molecule has 1 N–H and O–H groups in total. The third-order valence-corrected chi connectivity index (χ3v) is 3.54. The molecule has 1 aliphatic carbocycles. The summed E-state index contributed by atoms with van der Waals surface area (Å²) in [4.78, 5) is 8.90. The second-order valence-corrected chi connectivity index (χ2v) is 4.78. The first-order chi connectivity index (χ1) is 8.84. The number of hydrogen-bond donors (Lipinski definition) is 1. The van der Waals surface area contributed by atoms with Crippen molar-refractivity contribution in [1.82, 2.24) is 15.3 Å². The van der Waals surface area contributed by atoms with Crippen molar-refractivity contribution >= 4 is 0 Å². The van der Waals surface area contributed by atoms with Crippen LogP contribution in [0.5, 0.6) is 0 Å². The summed E-state index contributed by atoms with van der Waals surface area (Å²) in [5, 5.41) is 3.63. The van der Waals surface area contributed by atoms with Gasteiger partial charge in [-0.1, -0.05) is 12.1 Å². The Hall–Kier alpha value is -1.74. The summed E-state index contributed by atoms with van der Waals surface area (Å²) < 4.78 is 0. The first kappa shape index (κ1) is 11.4. The summed E-state index contributed by atoms with van der Waals surface area (Å²) in [5.41, 5.74) is 3.67. The molecule has 0 aromatic carbocycles. The Balaban J connectivity index is 1.75. The van der Waals surface area contributed by atoms with Crippen LogP contribution in [-0.2, 0) is 6.42 Å². The van der Waals surface area contributed by atoms with Gasteiger partial charge in [-0.3, -0.25) is 9.97 Å². The fourth-order valence-electron chi connectivity index (χ4n) is 2.59. The average molecular weight is 239 g/mol. The lowest BCUT2D eigenvalue weighted by Gasteiger charge is -2.19. The van der Waals surface area contributed by atoms with Gasteiger partial charge in [-0.25, -0.2) is 0 Å². The third kappa shape index (κ3) is 2.14. The fourth-order valence-corrected chi connectivity index (χ4v) is 2.59. The molecule has 2 atom stereocenters. The summed E-state index contributed by atoms with van der Waals surface area (Å²) >= 11 is 0. The molecule has 3 heteroatoms. The van der Waals surface area contributed by atoms with Crippen LogP contribution >= 0.6 is 0 Å². The predicted molar refractivity (Wildman–Crippen MR) is 71.1 cm³/mol. The van der Waals surface area contributed by atoms with Crippen LogP contribution in [0.1, 0.15) is 42.4 Å². The van der Waals surface area contributed by atoms with E-state index in [-0.39, 0.29) is 6.04 Å². The van der Waals surface area contributed by atoms with Crippen molar-refractivity contribution in [3.8, 4) is 0 Å². The summed E-state index contributed by atoms with van der Waals surface area (Å²) in [6.45, 7) is 2.16. The molecular weight excluding hydrogens is 222 g/mol. The number of aryl methyl sites for hydroxylation is 1. The van der Waals surface area contributed by atoms with Gasteiger partial charge in [0, 0.05) is 18.4 Å². The van der Waals surface area contributed by atoms with Gasteiger partial charge in [0.2, 0.25) is 0 Å². The molecule has 0 saturated carbocycles. The maximum atomic E-state index is 4.50. The molecule has 2 heterocycles. The van der Waals surface area contributed by atoms with Crippen LogP contribution in [0.25, 0.3) is 0 Å². The highest BCUT2D eigenvalue weighted by Crippen LogP contribution is 2.30. The minimum Gasteiger partial charge on any atom is -0.300 e. The lowest BCUT2D eigenvalue weighted by molar-refractivity contribution is 0.452. The van der Waals surface area contributed by atoms with E-state index in [1.807, 2.05) is 30.6 Å². The van der Waals surface area contributed by atoms with Crippen molar-refractivity contribution in [2.24, 2.45) is 0 Å². The first-order valence-electron chi connectivity index (χ1n) is 6.45. The van der Waals surface area contributed by atoms with Crippen molar-refractivity contribution < 1.29 is 0 Å². The second kappa shape index (κ2) is 4.86. The maximum absolute atomic E-state index is 4.50. The van der Waals surface area contributed by atoms with Gasteiger partial charge < -0.3 is 5.32 Å². The van der Waals surface area contributed by atoms with Crippen LogP contribution in [0.15, 0.2) is 42.7 Å². The zero-order valence-corrected chi connectivity index (χ0v) is 10.5. The number of hydrogen-bond acceptors (Lipinski definition) is 3. The van der Waals surface area contributed by atoms with E-state index in [1.54, 1.807) is 0 Å². The highest BCUT2D eigenvalue weighted by atomic mass is 15.0. The molecule has 0 saturated heterocycles. The van der Waals surface area contributed by atoms with Gasteiger partial charge in [-0.05, 0) is 43.5 Å². The molecule has 2 aromatic heterocycles. The molecule has 1 aliphatic rings. The quantitative estimate of drug-likeness (QED) is 0.895. The molecular formula is C15H17N3. The van der Waals surface area contributed by atoms with Gasteiger partial charge in [0.25, 0.3) is 0 Å². The van der Waals surface area contributed by atoms with Crippen LogP contribution in [0.2, 0.25) is 0 Å². The molecule has 0 fully saturated rings. The average Bonchev–Trinajstić information content (AvgIpc) is 2.83. The number of nitrogens with one attached hydrogen (secondary N) is 1. The number of nitrogens with zero attached hydrogens (tertiary/aromatic N) is 2. The van der Waals surface area contributed by atoms with Crippen molar-refractivity contribution in [2.75, 3.05) is 0 Å². The minimum absolute atomic E-state index is 0.254. The number of pyridine rings is 2. The van der Waals surface area contributed by atoms with E-state index in [2.05, 4.69) is 34.3 Å². The Bertz CT molecular complexity index is 524. The van der Waals surface area contributed by atoms with Gasteiger partial charge in [0.05, 0.1) is 17.4 Å². The summed E-state index contributed by atoms with van der Waals surface area (Å²) in [7, 11) is 0. The second-order valence-electron chi connectivity index (χ2n) is 4.78. The van der Waals surface area contributed by atoms with Crippen molar-refractivity contribution in [2.45, 2.75) is 31.8 Å². The molecule has 0 amide bonds. The van der Waals surface area contributed by atoms with Crippen LogP contribution in [0.3, 0.4) is 0 Å². The Kier molecular flexibility index (Phi) is 3.07. The first-order valence-corrected chi connectivity index (χ1v) is 6.45. The molecule has 1 unspecified atom stereocenters. The Morgan fingerprint density at radius 1 is 1.17 bits per heavy atom. The van der Waals surface area contributed by atoms with E-state index < -0.39 is 0 Å². The van der Waals surface area contributed by atoms with Crippen molar-refractivity contribution in [3.05, 3.63) is 59.7 Å². The molecule has 92 valence electrons. The zero-order chi connectivity index (χ0) is 12.4. The van der Waals surface area contributed by atoms with Gasteiger partial charge in [-0.2, -0.15) is 0 Å². The van der Waals surface area contributed by atoms with Gasteiger partial charge in [0.1, 0.15) is 0 Å². The molecule has 18 heavy (non-hydrogen) atoms. The van der Waals surface area contributed by atoms with Crippen molar-refractivity contribution in [3.63, 3.8) is 0 Å². The summed E-state index contributed by atoms with van der Waals surface area (Å²) in [6, 6.07) is 10.8. The van der Waals surface area contributed by atoms with Crippen molar-refractivity contribution in [1.29, 1.82) is 0 Å². The van der Waals surface area contributed by atoms with E-state index >= 15 is 0 Å². The molecule has 0 radical (unpaired) electrons. The van der Waals surface area contributed by atoms with Crippen LogP contribution < -0.4 is 5.32 Å². The number of fused-ring (bicyclic) bond motifs is 1. The van der Waals surface area contributed by atoms with Crippen LogP contribution in [-0.4, -0.2) is 9.97 Å². The molecule has 0 spiro atoms. The monoisotopic (exact) mass is 239 g/mol. The summed E-state index contributed by atoms with van der Waals surface area (Å²) in [6.07, 6.45) is 5.97. The highest BCUT2D eigenvalue weighted by Gasteiger charge is 2.24. The topological polar surface area (TPSA) is 37.8 Å². The normalized spacial score (nSPS) is 19.5. The Morgan fingerprint density at radius 3 is 2.89 bits per heavy atom. The Labute approximate surface area is 107 Å². The lowest BCUT2D eigenvalue weighted by atomic mass is 10.1. The molecule has 0 bridgehead atoms. The number of rotatable bonds is 3. The van der Waals surface area contributed by atoms with E-state index in [4.69, 9.17) is 0 Å². The smallest absolute Gasteiger partial charge is 0.0605 e. The third-order valence-electron chi connectivity index (χ3n) is 3.54.